The number of carbonyl (C=O) groups excluding carboxylic acids is 1. The number of benzene rings is 1. The summed E-state index contributed by atoms with van der Waals surface area (Å²) in [7, 11) is 0. The Hall–Kier alpha value is -0.840. The molecule has 0 radical (unpaired) electrons. The molecule has 3 nitrogen and oxygen atoms in total. The maximum atomic E-state index is 13.5. The van der Waals surface area contributed by atoms with E-state index in [0.29, 0.717) is 13.1 Å². The third-order valence-electron chi connectivity index (χ3n) is 2.69. The van der Waals surface area contributed by atoms with Crippen LogP contribution >= 0.6 is 24.0 Å². The number of rotatable bonds is 1. The summed E-state index contributed by atoms with van der Waals surface area (Å²) >= 11 is 5.82. The Kier molecular flexibility index (Phi) is 4.74. The lowest BCUT2D eigenvalue weighted by Gasteiger charge is -2.16. The van der Waals surface area contributed by atoms with Crippen LogP contribution < -0.4 is 5.73 Å². The molecule has 17 heavy (non-hydrogen) atoms. The van der Waals surface area contributed by atoms with Crippen molar-refractivity contribution in [3.8, 4) is 0 Å². The fraction of sp³-hybridized carbons (Fsp3) is 0.364. The van der Waals surface area contributed by atoms with Gasteiger partial charge in [0, 0.05) is 19.1 Å². The minimum absolute atomic E-state index is 0. The molecule has 1 saturated heterocycles. The van der Waals surface area contributed by atoms with Gasteiger partial charge in [0.05, 0.1) is 10.6 Å². The smallest absolute Gasteiger partial charge is 0.258 e. The van der Waals surface area contributed by atoms with Crippen molar-refractivity contribution < 1.29 is 9.18 Å². The summed E-state index contributed by atoms with van der Waals surface area (Å²) in [6.07, 6.45) is 0.748. The molecule has 1 aromatic rings. The second-order valence-corrected chi connectivity index (χ2v) is 4.30. The highest BCUT2D eigenvalue weighted by atomic mass is 35.5. The SMILES string of the molecule is Cl.NC1CCN(C(=O)c2c(F)cccc2Cl)C1. The molecule has 0 saturated carbocycles. The van der Waals surface area contributed by atoms with Crippen molar-refractivity contribution in [3.63, 3.8) is 0 Å². The molecule has 0 aromatic heterocycles. The first-order valence-corrected chi connectivity index (χ1v) is 5.46. The molecule has 2 N–H and O–H groups in total. The van der Waals surface area contributed by atoms with Gasteiger partial charge < -0.3 is 10.6 Å². The van der Waals surface area contributed by atoms with Crippen molar-refractivity contribution >= 4 is 29.9 Å². The minimum atomic E-state index is -0.585. The van der Waals surface area contributed by atoms with Gasteiger partial charge in [-0.25, -0.2) is 4.39 Å². The van der Waals surface area contributed by atoms with Crippen LogP contribution in [0.1, 0.15) is 16.8 Å². The van der Waals surface area contributed by atoms with E-state index in [9.17, 15) is 9.18 Å². The predicted octanol–water partition coefficient (Wildman–Crippen LogP) is 2.07. The number of hydrogen-bond acceptors (Lipinski definition) is 2. The molecule has 1 heterocycles. The van der Waals surface area contributed by atoms with Gasteiger partial charge in [-0.1, -0.05) is 17.7 Å². The number of halogens is 3. The van der Waals surface area contributed by atoms with E-state index in [0.717, 1.165) is 6.42 Å². The zero-order valence-corrected chi connectivity index (χ0v) is 10.6. The van der Waals surface area contributed by atoms with Crippen LogP contribution in [-0.2, 0) is 0 Å². The second-order valence-electron chi connectivity index (χ2n) is 3.90. The normalized spacial score (nSPS) is 19.0. The monoisotopic (exact) mass is 278 g/mol. The molecule has 1 aliphatic rings. The number of carbonyl (C=O) groups is 1. The first-order valence-electron chi connectivity index (χ1n) is 5.08. The number of nitrogens with zero attached hydrogens (tertiary/aromatic N) is 1. The lowest BCUT2D eigenvalue weighted by molar-refractivity contribution is 0.0786. The van der Waals surface area contributed by atoms with Crippen molar-refractivity contribution in [3.05, 3.63) is 34.6 Å². The molecule has 2 rings (SSSR count). The van der Waals surface area contributed by atoms with E-state index in [1.165, 1.54) is 23.1 Å². The Morgan fingerprint density at radius 1 is 1.53 bits per heavy atom. The van der Waals surface area contributed by atoms with Crippen molar-refractivity contribution in [1.29, 1.82) is 0 Å². The molecule has 1 unspecified atom stereocenters. The number of likely N-dealkylation sites (tertiary alicyclic amines) is 1. The van der Waals surface area contributed by atoms with E-state index in [1.807, 2.05) is 0 Å². The van der Waals surface area contributed by atoms with Crippen molar-refractivity contribution in [2.75, 3.05) is 13.1 Å². The van der Waals surface area contributed by atoms with E-state index in [-0.39, 0.29) is 34.9 Å². The van der Waals surface area contributed by atoms with Crippen molar-refractivity contribution in [2.24, 2.45) is 5.73 Å². The summed E-state index contributed by atoms with van der Waals surface area (Å²) in [5.41, 5.74) is 5.64. The molecule has 0 bridgehead atoms. The quantitative estimate of drug-likeness (QED) is 0.855. The van der Waals surface area contributed by atoms with Gasteiger partial charge in [0.1, 0.15) is 5.82 Å². The van der Waals surface area contributed by atoms with Crippen LogP contribution in [0, 0.1) is 5.82 Å². The molecular formula is C11H13Cl2FN2O. The van der Waals surface area contributed by atoms with Gasteiger partial charge in [0.25, 0.3) is 5.91 Å². The summed E-state index contributed by atoms with van der Waals surface area (Å²) in [5.74, 6) is -0.964. The van der Waals surface area contributed by atoms with Gasteiger partial charge in [-0.05, 0) is 18.6 Å². The molecule has 1 atom stereocenters. The molecule has 6 heteroatoms. The van der Waals surface area contributed by atoms with Gasteiger partial charge in [0.2, 0.25) is 0 Å². The Morgan fingerprint density at radius 3 is 2.76 bits per heavy atom. The van der Waals surface area contributed by atoms with Crippen LogP contribution in [0.15, 0.2) is 18.2 Å². The highest BCUT2D eigenvalue weighted by Crippen LogP contribution is 2.22. The minimum Gasteiger partial charge on any atom is -0.337 e. The van der Waals surface area contributed by atoms with E-state index < -0.39 is 5.82 Å². The standard InChI is InChI=1S/C11H12ClFN2O.ClH/c12-8-2-1-3-9(13)10(8)11(16)15-5-4-7(14)6-15;/h1-3,7H,4-6,14H2;1H. The molecule has 94 valence electrons. The maximum absolute atomic E-state index is 13.5. The first-order chi connectivity index (χ1) is 7.59. The molecular weight excluding hydrogens is 266 g/mol. The predicted molar refractivity (Wildman–Crippen MR) is 67.2 cm³/mol. The largest absolute Gasteiger partial charge is 0.337 e. The van der Waals surface area contributed by atoms with Crippen LogP contribution in [0.2, 0.25) is 5.02 Å². The van der Waals surface area contributed by atoms with Crippen LogP contribution in [-0.4, -0.2) is 29.9 Å². The topological polar surface area (TPSA) is 46.3 Å². The summed E-state index contributed by atoms with van der Waals surface area (Å²) < 4.78 is 13.5. The maximum Gasteiger partial charge on any atom is 0.258 e. The summed E-state index contributed by atoms with van der Waals surface area (Å²) in [4.78, 5) is 13.5. The van der Waals surface area contributed by atoms with E-state index >= 15 is 0 Å². The van der Waals surface area contributed by atoms with Crippen molar-refractivity contribution in [1.82, 2.24) is 4.90 Å². The molecule has 0 aliphatic carbocycles. The highest BCUT2D eigenvalue weighted by Gasteiger charge is 2.27. The van der Waals surface area contributed by atoms with E-state index in [1.54, 1.807) is 0 Å². The third kappa shape index (κ3) is 2.89. The lowest BCUT2D eigenvalue weighted by atomic mass is 10.2. The van der Waals surface area contributed by atoms with Gasteiger partial charge in [-0.3, -0.25) is 4.79 Å². The van der Waals surface area contributed by atoms with E-state index in [4.69, 9.17) is 17.3 Å². The third-order valence-corrected chi connectivity index (χ3v) is 3.00. The Balaban J connectivity index is 0.00000144. The Labute approximate surface area is 110 Å². The number of amides is 1. The second kappa shape index (κ2) is 5.67. The van der Waals surface area contributed by atoms with E-state index in [2.05, 4.69) is 0 Å². The Morgan fingerprint density at radius 2 is 2.24 bits per heavy atom. The molecule has 1 aliphatic heterocycles. The van der Waals surface area contributed by atoms with Gasteiger partial charge in [-0.15, -0.1) is 12.4 Å². The fourth-order valence-electron chi connectivity index (χ4n) is 1.83. The molecule has 1 amide bonds. The van der Waals surface area contributed by atoms with Crippen molar-refractivity contribution in [2.45, 2.75) is 12.5 Å². The summed E-state index contributed by atoms with van der Waals surface area (Å²) in [6, 6.07) is 4.20. The summed E-state index contributed by atoms with van der Waals surface area (Å²) in [5, 5.41) is 0.144. The summed E-state index contributed by atoms with van der Waals surface area (Å²) in [6.45, 7) is 1.02. The van der Waals surface area contributed by atoms with Gasteiger partial charge in [0.15, 0.2) is 0 Å². The van der Waals surface area contributed by atoms with Crippen LogP contribution in [0.3, 0.4) is 0 Å². The highest BCUT2D eigenvalue weighted by molar-refractivity contribution is 6.33. The lowest BCUT2D eigenvalue weighted by Crippen LogP contribution is -2.32. The zero-order valence-electron chi connectivity index (χ0n) is 9.03. The fourth-order valence-corrected chi connectivity index (χ4v) is 2.08. The average Bonchev–Trinajstić information content (AvgIpc) is 2.64. The van der Waals surface area contributed by atoms with Crippen LogP contribution in [0.4, 0.5) is 4.39 Å². The van der Waals surface area contributed by atoms with Gasteiger partial charge >= 0.3 is 0 Å². The number of hydrogen-bond donors (Lipinski definition) is 1. The zero-order chi connectivity index (χ0) is 11.7. The van der Waals surface area contributed by atoms with Gasteiger partial charge in [-0.2, -0.15) is 0 Å². The molecule has 1 fully saturated rings. The molecule has 1 aromatic carbocycles. The molecule has 0 spiro atoms. The Bertz CT molecular complexity index is 408. The number of nitrogens with two attached hydrogens (primary N) is 1. The van der Waals surface area contributed by atoms with Crippen LogP contribution in [0.5, 0.6) is 0 Å². The first kappa shape index (κ1) is 14.2. The average molecular weight is 279 g/mol. The van der Waals surface area contributed by atoms with Crippen LogP contribution in [0.25, 0.3) is 0 Å².